The summed E-state index contributed by atoms with van der Waals surface area (Å²) in [4.78, 5) is 4.00. The van der Waals surface area contributed by atoms with E-state index < -0.39 is 0 Å². The topological polar surface area (TPSA) is 63.6 Å². The van der Waals surface area contributed by atoms with Crippen molar-refractivity contribution >= 4 is 0 Å². The van der Waals surface area contributed by atoms with Crippen LogP contribution in [0.25, 0.3) is 0 Å². The maximum atomic E-state index is 9.97. The molecule has 0 amide bonds. The Balaban J connectivity index is 1.70. The van der Waals surface area contributed by atoms with Crippen LogP contribution in [0.15, 0.2) is 36.7 Å². The van der Waals surface area contributed by atoms with Gasteiger partial charge in [0.05, 0.1) is 0 Å². The number of aromatic nitrogens is 1. The van der Waals surface area contributed by atoms with Crippen molar-refractivity contribution in [3.8, 4) is 17.2 Å². The molecule has 0 fully saturated rings. The predicted octanol–water partition coefficient (Wildman–Crippen LogP) is 2.37. The van der Waals surface area contributed by atoms with Crippen LogP contribution in [-0.2, 0) is 6.54 Å². The zero-order chi connectivity index (χ0) is 13.9. The Hall–Kier alpha value is -2.27. The highest BCUT2D eigenvalue weighted by Crippen LogP contribution is 2.37. The Bertz CT molecular complexity index is 602. The highest BCUT2D eigenvalue weighted by Gasteiger charge is 2.17. The second-order valence-electron chi connectivity index (χ2n) is 4.72. The molecular formula is C15H16N2O3. The third-order valence-electron chi connectivity index (χ3n) is 3.38. The average Bonchev–Trinajstić information content (AvgIpc) is 2.92. The summed E-state index contributed by atoms with van der Waals surface area (Å²) in [6.07, 6.45) is 3.54. The molecule has 0 unspecified atom stereocenters. The molecule has 2 N–H and O–H groups in total. The van der Waals surface area contributed by atoms with E-state index in [0.29, 0.717) is 18.0 Å². The van der Waals surface area contributed by atoms with Crippen molar-refractivity contribution in [2.45, 2.75) is 19.5 Å². The molecule has 0 aliphatic carbocycles. The van der Waals surface area contributed by atoms with E-state index in [2.05, 4.69) is 17.2 Å². The van der Waals surface area contributed by atoms with E-state index in [1.807, 2.05) is 18.2 Å². The van der Waals surface area contributed by atoms with Gasteiger partial charge in [0.25, 0.3) is 0 Å². The number of aromatic hydroxyl groups is 1. The molecule has 1 atom stereocenters. The lowest BCUT2D eigenvalue weighted by Crippen LogP contribution is -2.18. The van der Waals surface area contributed by atoms with Gasteiger partial charge in [0.15, 0.2) is 11.5 Å². The number of benzene rings is 1. The molecule has 1 aromatic heterocycles. The minimum absolute atomic E-state index is 0.169. The Morgan fingerprint density at radius 3 is 2.70 bits per heavy atom. The second kappa shape index (κ2) is 5.38. The molecule has 0 spiro atoms. The van der Waals surface area contributed by atoms with Crippen molar-refractivity contribution in [1.82, 2.24) is 10.3 Å². The molecule has 2 aromatic rings. The van der Waals surface area contributed by atoms with Crippen molar-refractivity contribution < 1.29 is 14.6 Å². The van der Waals surface area contributed by atoms with Gasteiger partial charge in [-0.3, -0.25) is 4.98 Å². The van der Waals surface area contributed by atoms with E-state index in [1.54, 1.807) is 18.5 Å². The van der Waals surface area contributed by atoms with Crippen molar-refractivity contribution in [3.63, 3.8) is 0 Å². The first-order valence-corrected chi connectivity index (χ1v) is 6.49. The summed E-state index contributed by atoms with van der Waals surface area (Å²) in [5.41, 5.74) is 1.94. The number of nitrogens with zero attached hydrogens (tertiary/aromatic N) is 1. The SMILES string of the molecule is C[C@H](NCc1cc2c(cc1O)OCO2)c1ccncc1. The molecule has 5 nitrogen and oxygen atoms in total. The average molecular weight is 272 g/mol. The third-order valence-corrected chi connectivity index (χ3v) is 3.38. The van der Waals surface area contributed by atoms with Crippen molar-refractivity contribution in [2.24, 2.45) is 0 Å². The molecule has 104 valence electrons. The summed E-state index contributed by atoms with van der Waals surface area (Å²) in [6, 6.07) is 7.51. The van der Waals surface area contributed by atoms with Crippen molar-refractivity contribution in [3.05, 3.63) is 47.8 Å². The van der Waals surface area contributed by atoms with E-state index in [9.17, 15) is 5.11 Å². The van der Waals surface area contributed by atoms with E-state index in [0.717, 1.165) is 11.1 Å². The minimum atomic E-state index is 0.169. The summed E-state index contributed by atoms with van der Waals surface area (Å²) in [6.45, 7) is 2.82. The first kappa shape index (κ1) is 12.7. The molecule has 20 heavy (non-hydrogen) atoms. The number of ether oxygens (including phenoxy) is 2. The number of phenols is 1. The van der Waals surface area contributed by atoms with Gasteiger partial charge >= 0.3 is 0 Å². The molecule has 1 aromatic carbocycles. The maximum Gasteiger partial charge on any atom is 0.231 e. The molecule has 5 heteroatoms. The van der Waals surface area contributed by atoms with Crippen LogP contribution < -0.4 is 14.8 Å². The second-order valence-corrected chi connectivity index (χ2v) is 4.72. The van der Waals surface area contributed by atoms with Gasteiger partial charge < -0.3 is 19.9 Å². The Kier molecular flexibility index (Phi) is 3.43. The highest BCUT2D eigenvalue weighted by molar-refractivity contribution is 5.51. The van der Waals surface area contributed by atoms with E-state index >= 15 is 0 Å². The van der Waals surface area contributed by atoms with E-state index in [1.165, 1.54) is 0 Å². The Morgan fingerprint density at radius 2 is 1.95 bits per heavy atom. The van der Waals surface area contributed by atoms with Gasteiger partial charge in [0.1, 0.15) is 5.75 Å². The van der Waals surface area contributed by atoms with Crippen LogP contribution in [0.3, 0.4) is 0 Å². The Morgan fingerprint density at radius 1 is 1.25 bits per heavy atom. The van der Waals surface area contributed by atoms with Crippen LogP contribution in [0, 0.1) is 0 Å². The number of hydrogen-bond acceptors (Lipinski definition) is 5. The summed E-state index contributed by atoms with van der Waals surface area (Å²) in [5, 5.41) is 13.3. The highest BCUT2D eigenvalue weighted by atomic mass is 16.7. The van der Waals surface area contributed by atoms with Crippen molar-refractivity contribution in [1.29, 1.82) is 0 Å². The van der Waals surface area contributed by atoms with E-state index in [4.69, 9.17) is 9.47 Å². The lowest BCUT2D eigenvalue weighted by atomic mass is 10.1. The largest absolute Gasteiger partial charge is 0.507 e. The summed E-state index contributed by atoms with van der Waals surface area (Å²) in [7, 11) is 0. The number of fused-ring (bicyclic) bond motifs is 1. The first-order valence-electron chi connectivity index (χ1n) is 6.49. The molecular weight excluding hydrogens is 256 g/mol. The van der Waals surface area contributed by atoms with Crippen molar-refractivity contribution in [2.75, 3.05) is 6.79 Å². The van der Waals surface area contributed by atoms with Gasteiger partial charge in [0.2, 0.25) is 6.79 Å². The van der Waals surface area contributed by atoms with Gasteiger partial charge in [-0.2, -0.15) is 0 Å². The molecule has 0 bridgehead atoms. The number of phenolic OH excluding ortho intramolecular Hbond substituents is 1. The molecule has 0 saturated heterocycles. The smallest absolute Gasteiger partial charge is 0.231 e. The van der Waals surface area contributed by atoms with Crippen LogP contribution in [0.4, 0.5) is 0 Å². The third kappa shape index (κ3) is 2.53. The monoisotopic (exact) mass is 272 g/mol. The normalized spacial score (nSPS) is 14.2. The quantitative estimate of drug-likeness (QED) is 0.894. The fourth-order valence-electron chi connectivity index (χ4n) is 2.15. The number of rotatable bonds is 4. The van der Waals surface area contributed by atoms with Gasteiger partial charge in [-0.25, -0.2) is 0 Å². The van der Waals surface area contributed by atoms with Gasteiger partial charge in [-0.05, 0) is 30.7 Å². The summed E-state index contributed by atoms with van der Waals surface area (Å²) >= 11 is 0. The molecule has 1 aliphatic rings. The van der Waals surface area contributed by atoms with Crippen LogP contribution in [-0.4, -0.2) is 16.9 Å². The molecule has 0 radical (unpaired) electrons. The van der Waals surface area contributed by atoms with Gasteiger partial charge in [-0.15, -0.1) is 0 Å². The lowest BCUT2D eigenvalue weighted by Gasteiger charge is -2.15. The zero-order valence-electron chi connectivity index (χ0n) is 11.2. The van der Waals surface area contributed by atoms with Crippen LogP contribution in [0.1, 0.15) is 24.1 Å². The van der Waals surface area contributed by atoms with Crippen LogP contribution >= 0.6 is 0 Å². The van der Waals surface area contributed by atoms with Gasteiger partial charge in [-0.1, -0.05) is 0 Å². The standard InChI is InChI=1S/C15H16N2O3/c1-10(11-2-4-16-5-3-11)17-8-12-6-14-15(7-13(12)18)20-9-19-14/h2-7,10,17-18H,8-9H2,1H3/t10-/m0/s1. The number of pyridine rings is 1. The number of nitrogens with one attached hydrogen (secondary N) is 1. The summed E-state index contributed by atoms with van der Waals surface area (Å²) in [5.74, 6) is 1.48. The fourth-order valence-corrected chi connectivity index (χ4v) is 2.15. The molecule has 0 saturated carbocycles. The van der Waals surface area contributed by atoms with E-state index in [-0.39, 0.29) is 18.6 Å². The fraction of sp³-hybridized carbons (Fsp3) is 0.267. The Labute approximate surface area is 117 Å². The zero-order valence-corrected chi connectivity index (χ0v) is 11.2. The maximum absolute atomic E-state index is 9.97. The molecule has 3 rings (SSSR count). The predicted molar refractivity (Wildman–Crippen MR) is 73.7 cm³/mol. The molecule has 1 aliphatic heterocycles. The molecule has 2 heterocycles. The lowest BCUT2D eigenvalue weighted by molar-refractivity contribution is 0.174. The van der Waals surface area contributed by atoms with Crippen LogP contribution in [0.5, 0.6) is 17.2 Å². The first-order chi connectivity index (χ1) is 9.74. The summed E-state index contributed by atoms with van der Waals surface area (Å²) < 4.78 is 10.5. The van der Waals surface area contributed by atoms with Crippen LogP contribution in [0.2, 0.25) is 0 Å². The minimum Gasteiger partial charge on any atom is -0.507 e. The number of hydrogen-bond donors (Lipinski definition) is 2. The van der Waals surface area contributed by atoms with Gasteiger partial charge in [0, 0.05) is 36.6 Å².